The van der Waals surface area contributed by atoms with Crippen LogP contribution in [0.5, 0.6) is 0 Å². The van der Waals surface area contributed by atoms with E-state index in [1.165, 1.54) is 68.7 Å². The number of nitrogen functional groups attached to an aromatic ring is 1. The fraction of sp³-hybridized carbons (Fsp3) is 0.769. The molecular formula is C26H43N5O5. The molecule has 0 spiro atoms. The van der Waals surface area contributed by atoms with Crippen LogP contribution >= 0.6 is 0 Å². The molecule has 2 aromatic rings. The summed E-state index contributed by atoms with van der Waals surface area (Å²) < 4.78 is 7.34. The minimum Gasteiger partial charge on any atom is -0.394 e. The van der Waals surface area contributed by atoms with Crippen LogP contribution in [-0.4, -0.2) is 54.3 Å². The summed E-state index contributed by atoms with van der Waals surface area (Å²) in [6, 6.07) is 0. The van der Waals surface area contributed by atoms with Crippen LogP contribution in [-0.2, 0) is 15.3 Å². The normalized spacial score (nSPS) is 22.0. The van der Waals surface area contributed by atoms with Gasteiger partial charge in [0.25, 0.3) is 5.56 Å². The van der Waals surface area contributed by atoms with Crippen LogP contribution in [0.3, 0.4) is 0 Å². The van der Waals surface area contributed by atoms with Gasteiger partial charge in [-0.25, -0.2) is 4.98 Å². The largest absolute Gasteiger partial charge is 0.394 e. The Morgan fingerprint density at radius 1 is 1.11 bits per heavy atom. The third-order valence-electron chi connectivity index (χ3n) is 7.20. The quantitative estimate of drug-likeness (QED) is 0.238. The number of hydrogen-bond donors (Lipinski definition) is 4. The molecule has 0 amide bonds. The lowest BCUT2D eigenvalue weighted by molar-refractivity contribution is -0.160. The summed E-state index contributed by atoms with van der Waals surface area (Å²) in [5, 5.41) is 20.1. The molecule has 3 rings (SSSR count). The molecule has 0 aromatic carbocycles. The summed E-state index contributed by atoms with van der Waals surface area (Å²) in [6.07, 6.45) is 15.3. The van der Waals surface area contributed by atoms with E-state index < -0.39 is 30.1 Å². The van der Waals surface area contributed by atoms with Crippen LogP contribution in [0.2, 0.25) is 0 Å². The zero-order valence-electron chi connectivity index (χ0n) is 21.6. The zero-order chi connectivity index (χ0) is 26.0. The van der Waals surface area contributed by atoms with Gasteiger partial charge in [0.1, 0.15) is 12.4 Å². The number of imidazole rings is 1. The van der Waals surface area contributed by atoms with E-state index in [9.17, 15) is 19.8 Å². The van der Waals surface area contributed by atoms with Gasteiger partial charge in [0, 0.05) is 12.8 Å². The van der Waals surface area contributed by atoms with Crippen molar-refractivity contribution in [2.45, 2.75) is 121 Å². The van der Waals surface area contributed by atoms with E-state index in [4.69, 9.17) is 10.5 Å². The summed E-state index contributed by atoms with van der Waals surface area (Å²) in [4.78, 5) is 36.4. The maximum absolute atomic E-state index is 13.5. The number of H-pyrrole nitrogens is 1. The fourth-order valence-electron chi connectivity index (χ4n) is 5.11. The number of nitrogens with zero attached hydrogens (tertiary/aromatic N) is 3. The number of carbonyl (C=O) groups excluding carboxylic acids is 1. The van der Waals surface area contributed by atoms with Gasteiger partial charge >= 0.3 is 0 Å². The number of ketones is 1. The lowest BCUT2D eigenvalue weighted by atomic mass is 9.96. The predicted molar refractivity (Wildman–Crippen MR) is 138 cm³/mol. The second-order valence-electron chi connectivity index (χ2n) is 10.0. The topological polar surface area (TPSA) is 156 Å². The summed E-state index contributed by atoms with van der Waals surface area (Å²) in [5.74, 6) is -0.342. The SMILES string of the molecule is CCCCCCCCCCCCCCCC(=O)[C@]1(n2cnc3c(=O)[nH]c(N)nc32)C[C@H](O)[C@@H](CO)O1. The first-order valence-electron chi connectivity index (χ1n) is 13.7. The molecule has 1 aliphatic rings. The van der Waals surface area contributed by atoms with Gasteiger partial charge < -0.3 is 20.7 Å². The zero-order valence-corrected chi connectivity index (χ0v) is 21.6. The van der Waals surface area contributed by atoms with E-state index in [1.807, 2.05) is 0 Å². The standard InChI is InChI=1S/C26H43N5O5/c1-2-3-4-5-6-7-8-9-10-11-12-13-14-15-21(34)26(16-19(33)20(17-32)36-26)31-18-28-22-23(31)29-25(27)30-24(22)35/h18-20,32-33H,2-17H2,1H3,(H3,27,29,30,35)/t19-,20+,26-/m0/s1. The van der Waals surface area contributed by atoms with Gasteiger partial charge in [-0.1, -0.05) is 84.0 Å². The van der Waals surface area contributed by atoms with Crippen LogP contribution < -0.4 is 11.3 Å². The van der Waals surface area contributed by atoms with E-state index in [1.54, 1.807) is 0 Å². The van der Waals surface area contributed by atoms with Crippen LogP contribution in [0.4, 0.5) is 5.95 Å². The Kier molecular flexibility index (Phi) is 10.9. The molecule has 1 fully saturated rings. The van der Waals surface area contributed by atoms with Crippen LogP contribution in [0.25, 0.3) is 11.2 Å². The molecule has 0 aliphatic carbocycles. The number of fused-ring (bicyclic) bond motifs is 1. The minimum absolute atomic E-state index is 0.0304. The maximum Gasteiger partial charge on any atom is 0.280 e. The number of aromatic nitrogens is 4. The highest BCUT2D eigenvalue weighted by atomic mass is 16.6. The van der Waals surface area contributed by atoms with Crippen LogP contribution in [0.15, 0.2) is 11.1 Å². The number of ether oxygens (including phenoxy) is 1. The molecule has 0 bridgehead atoms. The minimum atomic E-state index is -1.59. The predicted octanol–water partition coefficient (Wildman–Crippen LogP) is 3.55. The first-order chi connectivity index (χ1) is 17.4. The molecule has 2 aromatic heterocycles. The van der Waals surface area contributed by atoms with Gasteiger partial charge in [0.05, 0.1) is 12.7 Å². The number of nitrogens with one attached hydrogen (secondary N) is 1. The van der Waals surface area contributed by atoms with E-state index in [0.29, 0.717) is 6.42 Å². The van der Waals surface area contributed by atoms with Crippen molar-refractivity contribution in [1.82, 2.24) is 19.5 Å². The van der Waals surface area contributed by atoms with Crippen molar-refractivity contribution < 1.29 is 19.7 Å². The highest BCUT2D eigenvalue weighted by molar-refractivity contribution is 5.87. The monoisotopic (exact) mass is 505 g/mol. The number of nitrogens with two attached hydrogens (primary N) is 1. The number of carbonyl (C=O) groups is 1. The van der Waals surface area contributed by atoms with Crippen LogP contribution in [0.1, 0.15) is 103 Å². The molecule has 5 N–H and O–H groups in total. The number of hydrogen-bond acceptors (Lipinski definition) is 8. The average molecular weight is 506 g/mol. The molecule has 36 heavy (non-hydrogen) atoms. The van der Waals surface area contributed by atoms with Crippen LogP contribution in [0, 0.1) is 0 Å². The number of rotatable bonds is 17. The van der Waals surface area contributed by atoms with Crippen molar-refractivity contribution in [1.29, 1.82) is 0 Å². The molecule has 10 heteroatoms. The van der Waals surface area contributed by atoms with E-state index in [-0.39, 0.29) is 35.7 Å². The van der Waals surface area contributed by atoms with E-state index in [2.05, 4.69) is 21.9 Å². The van der Waals surface area contributed by atoms with Crippen molar-refractivity contribution in [3.8, 4) is 0 Å². The maximum atomic E-state index is 13.5. The van der Waals surface area contributed by atoms with Gasteiger partial charge in [-0.05, 0) is 6.42 Å². The molecule has 202 valence electrons. The number of aliphatic hydroxyl groups excluding tert-OH is 2. The molecule has 1 aliphatic heterocycles. The molecule has 3 heterocycles. The number of anilines is 1. The molecule has 0 unspecified atom stereocenters. The first-order valence-corrected chi connectivity index (χ1v) is 13.7. The Hall–Kier alpha value is -2.30. The van der Waals surface area contributed by atoms with Crippen molar-refractivity contribution in [3.63, 3.8) is 0 Å². The molecule has 10 nitrogen and oxygen atoms in total. The third-order valence-corrected chi connectivity index (χ3v) is 7.20. The van der Waals surface area contributed by atoms with Crippen molar-refractivity contribution >= 4 is 22.9 Å². The smallest absolute Gasteiger partial charge is 0.280 e. The highest BCUT2D eigenvalue weighted by Crippen LogP contribution is 2.39. The van der Waals surface area contributed by atoms with Crippen molar-refractivity contribution in [2.75, 3.05) is 12.3 Å². The molecule has 0 radical (unpaired) electrons. The Balaban J connectivity index is 1.50. The summed E-state index contributed by atoms with van der Waals surface area (Å²) >= 11 is 0. The Morgan fingerprint density at radius 2 is 1.69 bits per heavy atom. The Morgan fingerprint density at radius 3 is 2.25 bits per heavy atom. The number of unbranched alkanes of at least 4 members (excludes halogenated alkanes) is 12. The second kappa shape index (κ2) is 13.9. The van der Waals surface area contributed by atoms with Crippen molar-refractivity contribution in [3.05, 3.63) is 16.7 Å². The van der Waals surface area contributed by atoms with Gasteiger partial charge in [0.15, 0.2) is 16.9 Å². The molecule has 1 saturated heterocycles. The number of Topliss-reactive ketones (excluding diaryl/α,β-unsaturated/α-hetero) is 1. The van der Waals surface area contributed by atoms with Gasteiger partial charge in [-0.3, -0.25) is 19.1 Å². The Bertz CT molecular complexity index is 1020. The summed E-state index contributed by atoms with van der Waals surface area (Å²) in [6.45, 7) is 1.81. The van der Waals surface area contributed by atoms with Gasteiger partial charge in [0.2, 0.25) is 11.7 Å². The first kappa shape index (κ1) is 28.3. The Labute approximate surface area is 212 Å². The lowest BCUT2D eigenvalue weighted by Gasteiger charge is -2.29. The number of aromatic amines is 1. The molecule has 0 saturated carbocycles. The third kappa shape index (κ3) is 6.92. The second-order valence-corrected chi connectivity index (χ2v) is 10.0. The number of aliphatic hydroxyl groups is 2. The summed E-state index contributed by atoms with van der Waals surface area (Å²) in [5.41, 5.74) is 3.75. The van der Waals surface area contributed by atoms with Gasteiger partial charge in [-0.2, -0.15) is 4.98 Å². The van der Waals surface area contributed by atoms with E-state index in [0.717, 1.165) is 19.3 Å². The molecular weight excluding hydrogens is 462 g/mol. The molecule has 3 atom stereocenters. The average Bonchev–Trinajstić information content (AvgIpc) is 3.43. The van der Waals surface area contributed by atoms with Gasteiger partial charge in [-0.15, -0.1) is 0 Å². The lowest BCUT2D eigenvalue weighted by Crippen LogP contribution is -2.42. The van der Waals surface area contributed by atoms with E-state index >= 15 is 0 Å². The van der Waals surface area contributed by atoms with Crippen molar-refractivity contribution in [2.24, 2.45) is 0 Å². The fourth-order valence-corrected chi connectivity index (χ4v) is 5.11. The highest BCUT2D eigenvalue weighted by Gasteiger charge is 2.52. The summed E-state index contributed by atoms with van der Waals surface area (Å²) in [7, 11) is 0.